The number of nitrogens with one attached hydrogen (secondary N) is 1. The second-order valence-electron chi connectivity index (χ2n) is 6.47. The van der Waals surface area contributed by atoms with Gasteiger partial charge in [-0.15, -0.1) is 10.2 Å². The number of aromatic nitrogens is 3. The molecule has 0 spiro atoms. The van der Waals surface area contributed by atoms with E-state index < -0.39 is 0 Å². The molecule has 0 bridgehead atoms. The lowest BCUT2D eigenvalue weighted by molar-refractivity contribution is -0.122. The van der Waals surface area contributed by atoms with Gasteiger partial charge in [0.25, 0.3) is 5.89 Å². The number of rotatable bonds is 6. The summed E-state index contributed by atoms with van der Waals surface area (Å²) in [6.07, 6.45) is 2.86. The quantitative estimate of drug-likeness (QED) is 0.736. The summed E-state index contributed by atoms with van der Waals surface area (Å²) in [6, 6.07) is 9.91. The lowest BCUT2D eigenvalue weighted by Gasteiger charge is -2.12. The lowest BCUT2D eigenvalue weighted by Crippen LogP contribution is -2.34. The molecule has 0 saturated carbocycles. The Morgan fingerprint density at radius 3 is 3.00 bits per heavy atom. The first-order valence-electron chi connectivity index (χ1n) is 9.04. The third kappa shape index (κ3) is 3.35. The largest absolute Gasteiger partial charge is 0.419 e. The zero-order valence-electron chi connectivity index (χ0n) is 14.8. The van der Waals surface area contributed by atoms with Crippen LogP contribution in [-0.2, 0) is 22.5 Å². The summed E-state index contributed by atoms with van der Waals surface area (Å²) in [5.41, 5.74) is 1.72. The Bertz CT molecular complexity index is 909. The van der Waals surface area contributed by atoms with Crippen LogP contribution in [0.2, 0.25) is 0 Å². The molecule has 1 N–H and O–H groups in total. The van der Waals surface area contributed by atoms with E-state index in [1.165, 1.54) is 0 Å². The third-order valence-corrected chi connectivity index (χ3v) is 4.65. The number of benzene rings is 1. The summed E-state index contributed by atoms with van der Waals surface area (Å²) >= 11 is 0. The molecule has 0 aliphatic carbocycles. The van der Waals surface area contributed by atoms with Gasteiger partial charge in [-0.25, -0.2) is 0 Å². The molecule has 1 aliphatic rings. The van der Waals surface area contributed by atoms with Crippen LogP contribution in [0.1, 0.15) is 25.7 Å². The summed E-state index contributed by atoms with van der Waals surface area (Å²) in [5, 5.41) is 12.2. The van der Waals surface area contributed by atoms with E-state index in [-0.39, 0.29) is 18.6 Å². The number of aryl methyl sites for hydroxylation is 1. The van der Waals surface area contributed by atoms with Gasteiger partial charge < -0.3 is 19.0 Å². The molecule has 1 amide bonds. The van der Waals surface area contributed by atoms with Crippen molar-refractivity contribution in [2.24, 2.45) is 0 Å². The Labute approximate surface area is 151 Å². The fourth-order valence-electron chi connectivity index (χ4n) is 3.29. The summed E-state index contributed by atoms with van der Waals surface area (Å²) in [7, 11) is 0. The number of para-hydroxylation sites is 1. The van der Waals surface area contributed by atoms with Crippen molar-refractivity contribution in [3.8, 4) is 11.6 Å². The highest BCUT2D eigenvalue weighted by Gasteiger charge is 2.19. The monoisotopic (exact) mass is 354 g/mol. The van der Waals surface area contributed by atoms with E-state index in [4.69, 9.17) is 9.15 Å². The van der Waals surface area contributed by atoms with Crippen LogP contribution in [0.5, 0.6) is 0 Å². The first kappa shape index (κ1) is 16.8. The fourth-order valence-corrected chi connectivity index (χ4v) is 3.29. The molecular formula is C19H22N4O3. The van der Waals surface area contributed by atoms with E-state index >= 15 is 0 Å². The van der Waals surface area contributed by atoms with Crippen LogP contribution in [0.3, 0.4) is 0 Å². The number of amides is 1. The van der Waals surface area contributed by atoms with Gasteiger partial charge in [-0.2, -0.15) is 0 Å². The highest BCUT2D eigenvalue weighted by Crippen LogP contribution is 2.27. The number of hydrogen-bond acceptors (Lipinski definition) is 5. The maximum atomic E-state index is 12.5. The summed E-state index contributed by atoms with van der Waals surface area (Å²) < 4.78 is 13.2. The van der Waals surface area contributed by atoms with Crippen LogP contribution in [0, 0.1) is 0 Å². The average Bonchev–Trinajstić information content (AvgIpc) is 3.40. The zero-order valence-corrected chi connectivity index (χ0v) is 14.8. The highest BCUT2D eigenvalue weighted by molar-refractivity contribution is 5.88. The Kier molecular flexibility index (Phi) is 4.71. The van der Waals surface area contributed by atoms with Crippen molar-refractivity contribution < 1.29 is 13.9 Å². The molecule has 1 aliphatic heterocycles. The molecule has 26 heavy (non-hydrogen) atoms. The van der Waals surface area contributed by atoms with Crippen molar-refractivity contribution in [3.05, 3.63) is 36.2 Å². The molecule has 4 rings (SSSR count). The number of carbonyl (C=O) groups excluding carboxylic acids is 1. The number of carbonyl (C=O) groups is 1. The van der Waals surface area contributed by atoms with Crippen LogP contribution in [0.25, 0.3) is 22.5 Å². The standard InChI is InChI=1S/C19H22N4O3/c1-2-18-21-22-19(26-18)16-10-13-6-3-4-8-15(13)23(16)12-17(24)20-11-14-7-5-9-25-14/h3-4,6,8,10,14H,2,5,7,9,11-12H2,1H3,(H,20,24). The van der Waals surface area contributed by atoms with Crippen molar-refractivity contribution in [1.82, 2.24) is 20.1 Å². The van der Waals surface area contributed by atoms with Crippen molar-refractivity contribution in [3.63, 3.8) is 0 Å². The second kappa shape index (κ2) is 7.29. The number of nitrogens with zero attached hydrogens (tertiary/aromatic N) is 3. The average molecular weight is 354 g/mol. The van der Waals surface area contributed by atoms with Gasteiger partial charge in [0.05, 0.1) is 6.10 Å². The fraction of sp³-hybridized carbons (Fsp3) is 0.421. The van der Waals surface area contributed by atoms with Gasteiger partial charge in [0.15, 0.2) is 0 Å². The lowest BCUT2D eigenvalue weighted by atomic mass is 10.2. The number of ether oxygens (including phenoxy) is 1. The first-order chi connectivity index (χ1) is 12.7. The molecule has 7 heteroatoms. The van der Waals surface area contributed by atoms with Crippen LogP contribution >= 0.6 is 0 Å². The predicted molar refractivity (Wildman–Crippen MR) is 96.6 cm³/mol. The SMILES string of the molecule is CCc1nnc(-c2cc3ccccc3n2CC(=O)NCC2CCCO2)o1. The van der Waals surface area contributed by atoms with Gasteiger partial charge in [0.2, 0.25) is 11.8 Å². The Hall–Kier alpha value is -2.67. The number of fused-ring (bicyclic) bond motifs is 1. The molecule has 0 radical (unpaired) electrons. The van der Waals surface area contributed by atoms with Gasteiger partial charge in [-0.1, -0.05) is 25.1 Å². The minimum atomic E-state index is -0.0571. The van der Waals surface area contributed by atoms with Gasteiger partial charge in [0, 0.05) is 30.5 Å². The molecule has 1 atom stereocenters. The van der Waals surface area contributed by atoms with Gasteiger partial charge in [-0.05, 0) is 25.0 Å². The van der Waals surface area contributed by atoms with E-state index in [1.54, 1.807) is 0 Å². The van der Waals surface area contributed by atoms with Crippen LogP contribution < -0.4 is 5.32 Å². The van der Waals surface area contributed by atoms with Crippen molar-refractivity contribution in [2.75, 3.05) is 13.2 Å². The van der Waals surface area contributed by atoms with E-state index in [0.29, 0.717) is 24.7 Å². The number of hydrogen-bond donors (Lipinski definition) is 1. The van der Waals surface area contributed by atoms with Gasteiger partial charge in [0.1, 0.15) is 12.2 Å². The molecule has 1 fully saturated rings. The zero-order chi connectivity index (χ0) is 17.9. The van der Waals surface area contributed by atoms with Crippen molar-refractivity contribution >= 4 is 16.8 Å². The maximum absolute atomic E-state index is 12.5. The minimum Gasteiger partial charge on any atom is -0.419 e. The topological polar surface area (TPSA) is 82.2 Å². The molecule has 1 aromatic carbocycles. The van der Waals surface area contributed by atoms with E-state index in [2.05, 4.69) is 15.5 Å². The normalized spacial score (nSPS) is 17.0. The maximum Gasteiger partial charge on any atom is 0.264 e. The summed E-state index contributed by atoms with van der Waals surface area (Å²) in [6.45, 7) is 3.49. The molecule has 1 unspecified atom stereocenters. The molecule has 2 aromatic heterocycles. The van der Waals surface area contributed by atoms with Crippen molar-refractivity contribution in [2.45, 2.75) is 38.8 Å². The Morgan fingerprint density at radius 1 is 1.35 bits per heavy atom. The van der Waals surface area contributed by atoms with Crippen LogP contribution in [-0.4, -0.2) is 39.9 Å². The Balaban J connectivity index is 1.59. The molecule has 136 valence electrons. The predicted octanol–water partition coefficient (Wildman–Crippen LogP) is 2.55. The Morgan fingerprint density at radius 2 is 2.23 bits per heavy atom. The molecule has 7 nitrogen and oxygen atoms in total. The first-order valence-corrected chi connectivity index (χ1v) is 9.04. The summed E-state index contributed by atoms with van der Waals surface area (Å²) in [5.74, 6) is 0.961. The van der Waals surface area contributed by atoms with E-state index in [0.717, 1.165) is 36.0 Å². The molecule has 3 aromatic rings. The third-order valence-electron chi connectivity index (χ3n) is 4.65. The molecule has 3 heterocycles. The molecular weight excluding hydrogens is 332 g/mol. The second-order valence-corrected chi connectivity index (χ2v) is 6.47. The van der Waals surface area contributed by atoms with E-state index in [9.17, 15) is 4.79 Å². The minimum absolute atomic E-state index is 0.0571. The molecule has 1 saturated heterocycles. The van der Waals surface area contributed by atoms with Crippen LogP contribution in [0.15, 0.2) is 34.7 Å². The highest BCUT2D eigenvalue weighted by atomic mass is 16.5. The smallest absolute Gasteiger partial charge is 0.264 e. The summed E-state index contributed by atoms with van der Waals surface area (Å²) in [4.78, 5) is 12.5. The van der Waals surface area contributed by atoms with Crippen molar-refractivity contribution in [1.29, 1.82) is 0 Å². The van der Waals surface area contributed by atoms with E-state index in [1.807, 2.05) is 41.8 Å². The van der Waals surface area contributed by atoms with Gasteiger partial charge >= 0.3 is 0 Å². The van der Waals surface area contributed by atoms with Gasteiger partial charge in [-0.3, -0.25) is 4.79 Å². The van der Waals surface area contributed by atoms with Crippen LogP contribution in [0.4, 0.5) is 0 Å².